The predicted octanol–water partition coefficient (Wildman–Crippen LogP) is 3.24. The molecule has 1 atom stereocenters. The van der Waals surface area contributed by atoms with Crippen molar-refractivity contribution >= 4 is 23.3 Å². The number of methoxy groups -OCH3 is 1. The van der Waals surface area contributed by atoms with Crippen LogP contribution in [0.2, 0.25) is 0 Å². The van der Waals surface area contributed by atoms with E-state index in [-0.39, 0.29) is 5.91 Å². The van der Waals surface area contributed by atoms with E-state index < -0.39 is 12.1 Å². The number of rotatable bonds is 4. The number of urea groups is 1. The summed E-state index contributed by atoms with van der Waals surface area (Å²) in [6.07, 6.45) is 0.581. The van der Waals surface area contributed by atoms with Gasteiger partial charge >= 0.3 is 6.03 Å². The molecule has 6 nitrogen and oxygen atoms in total. The zero-order valence-corrected chi connectivity index (χ0v) is 15.2. The van der Waals surface area contributed by atoms with E-state index in [9.17, 15) is 9.59 Å². The fourth-order valence-corrected chi connectivity index (χ4v) is 2.99. The topological polar surface area (TPSA) is 70.7 Å². The summed E-state index contributed by atoms with van der Waals surface area (Å²) < 4.78 is 5.14. The maximum Gasteiger partial charge on any atom is 0.319 e. The second-order valence-corrected chi connectivity index (χ2v) is 6.43. The number of benzene rings is 2. The molecule has 136 valence electrons. The molecule has 1 aliphatic rings. The normalized spacial score (nSPS) is 16.5. The van der Waals surface area contributed by atoms with Gasteiger partial charge in [-0.15, -0.1) is 0 Å². The largest absolute Gasteiger partial charge is 0.497 e. The first-order valence-corrected chi connectivity index (χ1v) is 8.58. The first-order chi connectivity index (χ1) is 12.5. The molecule has 0 spiro atoms. The zero-order valence-electron chi connectivity index (χ0n) is 15.2. The van der Waals surface area contributed by atoms with Gasteiger partial charge in [-0.25, -0.2) is 4.79 Å². The van der Waals surface area contributed by atoms with E-state index in [0.717, 1.165) is 11.3 Å². The average Bonchev–Trinajstić information content (AvgIpc) is 2.98. The Kier molecular flexibility index (Phi) is 5.11. The van der Waals surface area contributed by atoms with Crippen LogP contribution in [0.3, 0.4) is 0 Å². The van der Waals surface area contributed by atoms with Gasteiger partial charge < -0.3 is 20.3 Å². The minimum Gasteiger partial charge on any atom is -0.497 e. The number of amides is 3. The highest BCUT2D eigenvalue weighted by molar-refractivity contribution is 6.02. The maximum absolute atomic E-state index is 12.7. The summed E-state index contributed by atoms with van der Waals surface area (Å²) in [6.45, 7) is 4.65. The fourth-order valence-electron chi connectivity index (χ4n) is 2.99. The summed E-state index contributed by atoms with van der Waals surface area (Å²) in [5.74, 6) is 0.565. The van der Waals surface area contributed by atoms with E-state index >= 15 is 0 Å². The molecule has 0 bridgehead atoms. The number of ether oxygens (including phenoxy) is 1. The monoisotopic (exact) mass is 353 g/mol. The maximum atomic E-state index is 12.7. The highest BCUT2D eigenvalue weighted by Crippen LogP contribution is 2.24. The summed E-state index contributed by atoms with van der Waals surface area (Å²) in [5, 5.41) is 5.49. The Hall–Kier alpha value is -3.02. The Morgan fingerprint density at radius 3 is 2.69 bits per heavy atom. The van der Waals surface area contributed by atoms with Crippen molar-refractivity contribution in [2.24, 2.45) is 0 Å². The number of hydrogen-bond donors (Lipinski definition) is 2. The fraction of sp³-hybridized carbons (Fsp3) is 0.300. The third-order valence-corrected chi connectivity index (χ3v) is 4.64. The minimum atomic E-state index is -0.526. The minimum absolute atomic E-state index is 0.0888. The van der Waals surface area contributed by atoms with Crippen LogP contribution in [0.1, 0.15) is 17.5 Å². The van der Waals surface area contributed by atoms with Gasteiger partial charge in [-0.3, -0.25) is 4.79 Å². The van der Waals surface area contributed by atoms with E-state index in [4.69, 9.17) is 4.74 Å². The van der Waals surface area contributed by atoms with Crippen LogP contribution in [0.4, 0.5) is 16.2 Å². The third kappa shape index (κ3) is 3.79. The Balaban J connectivity index is 1.62. The smallest absolute Gasteiger partial charge is 0.319 e. The SMILES string of the molecule is COc1cccc(NC(=O)N[C@H]2CCN(c3ccc(C)c(C)c3)C2=O)c1. The molecule has 26 heavy (non-hydrogen) atoms. The van der Waals surface area contributed by atoms with Crippen molar-refractivity contribution in [2.75, 3.05) is 23.9 Å². The van der Waals surface area contributed by atoms with Crippen molar-refractivity contribution < 1.29 is 14.3 Å². The number of nitrogens with one attached hydrogen (secondary N) is 2. The second-order valence-electron chi connectivity index (χ2n) is 6.43. The molecule has 2 N–H and O–H groups in total. The number of aryl methyl sites for hydroxylation is 2. The number of carbonyl (C=O) groups is 2. The van der Waals surface area contributed by atoms with Gasteiger partial charge in [-0.05, 0) is 55.7 Å². The van der Waals surface area contributed by atoms with Crippen LogP contribution in [0.5, 0.6) is 5.75 Å². The van der Waals surface area contributed by atoms with Gasteiger partial charge in [-0.2, -0.15) is 0 Å². The molecule has 3 amide bonds. The molecular formula is C20H23N3O3. The van der Waals surface area contributed by atoms with Gasteiger partial charge in [0.25, 0.3) is 0 Å². The van der Waals surface area contributed by atoms with Crippen LogP contribution in [0.25, 0.3) is 0 Å². The van der Waals surface area contributed by atoms with Crippen molar-refractivity contribution in [3.8, 4) is 5.75 Å². The summed E-state index contributed by atoms with van der Waals surface area (Å²) in [7, 11) is 1.57. The second kappa shape index (κ2) is 7.47. The lowest BCUT2D eigenvalue weighted by atomic mass is 10.1. The van der Waals surface area contributed by atoms with Crippen LogP contribution in [-0.4, -0.2) is 31.6 Å². The van der Waals surface area contributed by atoms with Gasteiger partial charge in [0.15, 0.2) is 0 Å². The van der Waals surface area contributed by atoms with Crippen LogP contribution < -0.4 is 20.3 Å². The zero-order chi connectivity index (χ0) is 18.7. The average molecular weight is 353 g/mol. The van der Waals surface area contributed by atoms with Crippen LogP contribution in [-0.2, 0) is 4.79 Å². The summed E-state index contributed by atoms with van der Waals surface area (Å²) in [5.41, 5.74) is 3.81. The number of anilines is 2. The highest BCUT2D eigenvalue weighted by Gasteiger charge is 2.33. The van der Waals surface area contributed by atoms with Crippen molar-refractivity contribution in [1.82, 2.24) is 5.32 Å². The Bertz CT molecular complexity index is 835. The Morgan fingerprint density at radius 1 is 1.15 bits per heavy atom. The molecule has 1 saturated heterocycles. The van der Waals surface area contributed by atoms with Gasteiger partial charge in [0, 0.05) is 24.0 Å². The standard InChI is InChI=1S/C20H23N3O3/c1-13-7-8-16(11-14(13)2)23-10-9-18(19(23)24)22-20(25)21-15-5-4-6-17(12-15)26-3/h4-8,11-12,18H,9-10H2,1-3H3,(H2,21,22,25)/t18-/m0/s1. The van der Waals surface area contributed by atoms with Gasteiger partial charge in [0.05, 0.1) is 7.11 Å². The molecule has 0 unspecified atom stereocenters. The molecule has 0 aromatic heterocycles. The molecule has 0 aliphatic carbocycles. The van der Waals surface area contributed by atoms with E-state index in [1.165, 1.54) is 5.56 Å². The number of carbonyl (C=O) groups excluding carboxylic acids is 2. The first-order valence-electron chi connectivity index (χ1n) is 8.58. The van der Waals surface area contributed by atoms with Crippen molar-refractivity contribution in [1.29, 1.82) is 0 Å². The summed E-state index contributed by atoms with van der Waals surface area (Å²) in [4.78, 5) is 26.6. The molecule has 0 radical (unpaired) electrons. The molecule has 1 heterocycles. The van der Waals surface area contributed by atoms with Gasteiger partial charge in [-0.1, -0.05) is 12.1 Å². The van der Waals surface area contributed by atoms with Crippen molar-refractivity contribution in [3.05, 3.63) is 53.6 Å². The number of hydrogen-bond acceptors (Lipinski definition) is 3. The Labute approximate surface area is 153 Å². The molecule has 1 aliphatic heterocycles. The molecule has 6 heteroatoms. The van der Waals surface area contributed by atoms with Crippen molar-refractivity contribution in [3.63, 3.8) is 0 Å². The van der Waals surface area contributed by atoms with E-state index in [1.807, 2.05) is 32.0 Å². The lowest BCUT2D eigenvalue weighted by molar-refractivity contribution is -0.118. The van der Waals surface area contributed by atoms with Crippen LogP contribution in [0, 0.1) is 13.8 Å². The van der Waals surface area contributed by atoms with E-state index in [2.05, 4.69) is 10.6 Å². The molecule has 1 fully saturated rings. The summed E-state index contributed by atoms with van der Waals surface area (Å²) in [6, 6.07) is 12.1. The lowest BCUT2D eigenvalue weighted by Gasteiger charge is -2.18. The van der Waals surface area contributed by atoms with Gasteiger partial charge in [0.1, 0.15) is 11.8 Å². The molecule has 2 aromatic carbocycles. The first kappa shape index (κ1) is 17.8. The molecule has 2 aromatic rings. The van der Waals surface area contributed by atoms with E-state index in [0.29, 0.717) is 24.4 Å². The highest BCUT2D eigenvalue weighted by atomic mass is 16.5. The van der Waals surface area contributed by atoms with Crippen LogP contribution in [0.15, 0.2) is 42.5 Å². The molecular weight excluding hydrogens is 330 g/mol. The van der Waals surface area contributed by atoms with Crippen molar-refractivity contribution in [2.45, 2.75) is 26.3 Å². The quantitative estimate of drug-likeness (QED) is 0.886. The molecule has 3 rings (SSSR count). The predicted molar refractivity (Wildman–Crippen MR) is 102 cm³/mol. The Morgan fingerprint density at radius 2 is 1.96 bits per heavy atom. The summed E-state index contributed by atoms with van der Waals surface area (Å²) >= 11 is 0. The lowest BCUT2D eigenvalue weighted by Crippen LogP contribution is -2.43. The molecule has 0 saturated carbocycles. The van der Waals surface area contributed by atoms with E-state index in [1.54, 1.807) is 36.3 Å². The third-order valence-electron chi connectivity index (χ3n) is 4.64. The van der Waals surface area contributed by atoms with Crippen LogP contribution >= 0.6 is 0 Å². The van der Waals surface area contributed by atoms with Gasteiger partial charge in [0.2, 0.25) is 5.91 Å². The number of nitrogens with zero attached hydrogens (tertiary/aromatic N) is 1.